The van der Waals surface area contributed by atoms with Gasteiger partial charge in [-0.1, -0.05) is 54.6 Å². The van der Waals surface area contributed by atoms with Gasteiger partial charge < -0.3 is 4.90 Å². The number of carbonyl (C=O) groups excluding carboxylic acids is 2. The van der Waals surface area contributed by atoms with Crippen molar-refractivity contribution >= 4 is 17.3 Å². The van der Waals surface area contributed by atoms with Crippen LogP contribution in [0.1, 0.15) is 50.9 Å². The number of likely N-dealkylation sites (tertiary alicyclic amines) is 1. The molecule has 0 spiro atoms. The van der Waals surface area contributed by atoms with Crippen LogP contribution in [0.25, 0.3) is 5.65 Å². The average molecular weight is 410 g/mol. The average Bonchev–Trinajstić information content (AvgIpc) is 3.28. The van der Waals surface area contributed by atoms with Gasteiger partial charge in [-0.05, 0) is 31.0 Å². The summed E-state index contributed by atoms with van der Waals surface area (Å²) in [6.45, 7) is 1.22. The van der Waals surface area contributed by atoms with E-state index in [4.69, 9.17) is 0 Å². The summed E-state index contributed by atoms with van der Waals surface area (Å²) in [5, 5.41) is 8.65. The van der Waals surface area contributed by atoms with E-state index in [1.54, 1.807) is 30.3 Å². The molecule has 0 unspecified atom stereocenters. The minimum atomic E-state index is -0.137. The van der Waals surface area contributed by atoms with Crippen LogP contribution in [0.2, 0.25) is 0 Å². The van der Waals surface area contributed by atoms with Gasteiger partial charge in [-0.3, -0.25) is 14.0 Å². The van der Waals surface area contributed by atoms with Crippen LogP contribution in [-0.4, -0.2) is 44.3 Å². The maximum absolute atomic E-state index is 13.5. The lowest BCUT2D eigenvalue weighted by atomic mass is 9.94. The van der Waals surface area contributed by atoms with Crippen LogP contribution in [0.15, 0.2) is 79.0 Å². The van der Waals surface area contributed by atoms with Crippen molar-refractivity contribution in [2.75, 3.05) is 13.1 Å². The molecule has 4 aromatic rings. The fourth-order valence-corrected chi connectivity index (χ4v) is 4.29. The Kier molecular flexibility index (Phi) is 5.04. The topological polar surface area (TPSA) is 67.6 Å². The van der Waals surface area contributed by atoms with Crippen LogP contribution in [0, 0.1) is 0 Å². The fourth-order valence-electron chi connectivity index (χ4n) is 4.29. The van der Waals surface area contributed by atoms with Gasteiger partial charge in [-0.25, -0.2) is 0 Å². The SMILES string of the molecule is O=C(c1ccccc1)c1ccccc1C(=O)N1CCC[C@H](c2nnc3ccccn23)C1. The first-order valence-electron chi connectivity index (χ1n) is 10.5. The standard InChI is InChI=1S/C25H22N4O2/c30-23(18-9-2-1-3-10-18)20-12-4-5-13-21(20)25(31)28-15-8-11-19(17-28)24-27-26-22-14-6-7-16-29(22)24/h1-7,9-10,12-14,16,19H,8,11,15,17H2/t19-/m0/s1. The van der Waals surface area contributed by atoms with E-state index in [9.17, 15) is 9.59 Å². The lowest BCUT2D eigenvalue weighted by Crippen LogP contribution is -2.40. The van der Waals surface area contributed by atoms with Gasteiger partial charge in [0.2, 0.25) is 0 Å². The van der Waals surface area contributed by atoms with Gasteiger partial charge in [0.15, 0.2) is 11.4 Å². The summed E-state index contributed by atoms with van der Waals surface area (Å²) in [7, 11) is 0. The monoisotopic (exact) mass is 410 g/mol. The number of fused-ring (bicyclic) bond motifs is 1. The van der Waals surface area contributed by atoms with Crippen LogP contribution in [-0.2, 0) is 0 Å². The summed E-state index contributed by atoms with van der Waals surface area (Å²) in [6, 6.07) is 22.0. The number of carbonyl (C=O) groups is 2. The van der Waals surface area contributed by atoms with Gasteiger partial charge in [0.05, 0.1) is 5.56 Å². The second-order valence-corrected chi connectivity index (χ2v) is 7.82. The fraction of sp³-hybridized carbons (Fsp3) is 0.200. The molecule has 6 heteroatoms. The lowest BCUT2D eigenvalue weighted by Gasteiger charge is -2.32. The molecule has 2 aromatic heterocycles. The van der Waals surface area contributed by atoms with Gasteiger partial charge in [-0.15, -0.1) is 10.2 Å². The highest BCUT2D eigenvalue weighted by Crippen LogP contribution is 2.28. The molecular formula is C25H22N4O2. The molecule has 0 bridgehead atoms. The molecule has 2 aromatic carbocycles. The zero-order chi connectivity index (χ0) is 21.2. The van der Waals surface area contributed by atoms with E-state index in [0.29, 0.717) is 29.8 Å². The Hall–Kier alpha value is -3.80. The molecule has 0 aliphatic carbocycles. The zero-order valence-corrected chi connectivity index (χ0v) is 17.0. The van der Waals surface area contributed by atoms with Crippen LogP contribution >= 0.6 is 0 Å². The Morgan fingerprint density at radius 1 is 0.839 bits per heavy atom. The molecule has 1 aliphatic rings. The molecule has 5 rings (SSSR count). The van der Waals surface area contributed by atoms with Crippen molar-refractivity contribution in [3.63, 3.8) is 0 Å². The van der Waals surface area contributed by atoms with E-state index in [1.165, 1.54) is 0 Å². The number of amides is 1. The number of benzene rings is 2. The number of pyridine rings is 1. The van der Waals surface area contributed by atoms with Crippen molar-refractivity contribution in [2.24, 2.45) is 0 Å². The number of rotatable bonds is 4. The van der Waals surface area contributed by atoms with E-state index < -0.39 is 0 Å². The van der Waals surface area contributed by atoms with Crippen molar-refractivity contribution in [2.45, 2.75) is 18.8 Å². The second kappa shape index (κ2) is 8.14. The predicted molar refractivity (Wildman–Crippen MR) is 117 cm³/mol. The minimum Gasteiger partial charge on any atom is -0.338 e. The Bertz CT molecular complexity index is 1250. The first-order chi connectivity index (χ1) is 15.2. The maximum Gasteiger partial charge on any atom is 0.254 e. The summed E-state index contributed by atoms with van der Waals surface area (Å²) in [4.78, 5) is 28.4. The normalized spacial score (nSPS) is 16.4. The lowest BCUT2D eigenvalue weighted by molar-refractivity contribution is 0.0700. The van der Waals surface area contributed by atoms with Crippen molar-refractivity contribution in [1.29, 1.82) is 0 Å². The molecule has 0 radical (unpaired) electrons. The van der Waals surface area contributed by atoms with Gasteiger partial charge in [-0.2, -0.15) is 0 Å². The molecule has 3 heterocycles. The molecule has 6 nitrogen and oxygen atoms in total. The van der Waals surface area contributed by atoms with Crippen molar-refractivity contribution < 1.29 is 9.59 Å². The Labute approximate surface area is 180 Å². The molecule has 1 saturated heterocycles. The number of nitrogens with zero attached hydrogens (tertiary/aromatic N) is 4. The van der Waals surface area contributed by atoms with Crippen LogP contribution in [0.4, 0.5) is 0 Å². The molecule has 31 heavy (non-hydrogen) atoms. The van der Waals surface area contributed by atoms with E-state index in [0.717, 1.165) is 24.3 Å². The highest BCUT2D eigenvalue weighted by molar-refractivity contribution is 6.15. The molecule has 0 saturated carbocycles. The van der Waals surface area contributed by atoms with Crippen molar-refractivity contribution in [1.82, 2.24) is 19.5 Å². The van der Waals surface area contributed by atoms with E-state index in [1.807, 2.05) is 58.0 Å². The van der Waals surface area contributed by atoms with Crippen LogP contribution in [0.3, 0.4) is 0 Å². The van der Waals surface area contributed by atoms with E-state index >= 15 is 0 Å². The summed E-state index contributed by atoms with van der Waals surface area (Å²) < 4.78 is 1.99. The summed E-state index contributed by atoms with van der Waals surface area (Å²) >= 11 is 0. The van der Waals surface area contributed by atoms with Gasteiger partial charge in [0.1, 0.15) is 5.82 Å². The van der Waals surface area contributed by atoms with Crippen molar-refractivity contribution in [3.05, 3.63) is 102 Å². The largest absolute Gasteiger partial charge is 0.338 e. The Morgan fingerprint density at radius 3 is 2.42 bits per heavy atom. The predicted octanol–water partition coefficient (Wildman–Crippen LogP) is 3.98. The van der Waals surface area contributed by atoms with Gasteiger partial charge in [0.25, 0.3) is 5.91 Å². The third-order valence-corrected chi connectivity index (χ3v) is 5.85. The second-order valence-electron chi connectivity index (χ2n) is 7.82. The summed E-state index contributed by atoms with van der Waals surface area (Å²) in [5.41, 5.74) is 2.27. The molecule has 1 amide bonds. The van der Waals surface area contributed by atoms with Gasteiger partial charge in [0, 0.05) is 36.3 Å². The Morgan fingerprint density at radius 2 is 1.58 bits per heavy atom. The third kappa shape index (κ3) is 3.61. The maximum atomic E-state index is 13.5. The summed E-state index contributed by atoms with van der Waals surface area (Å²) in [5.74, 6) is 0.730. The highest BCUT2D eigenvalue weighted by atomic mass is 16.2. The number of piperidine rings is 1. The van der Waals surface area contributed by atoms with E-state index in [2.05, 4.69) is 10.2 Å². The van der Waals surface area contributed by atoms with Crippen LogP contribution in [0.5, 0.6) is 0 Å². The minimum absolute atomic E-state index is 0.104. The molecule has 0 N–H and O–H groups in total. The Balaban J connectivity index is 1.42. The first-order valence-corrected chi connectivity index (χ1v) is 10.5. The van der Waals surface area contributed by atoms with Gasteiger partial charge >= 0.3 is 0 Å². The number of ketones is 1. The highest BCUT2D eigenvalue weighted by Gasteiger charge is 2.30. The summed E-state index contributed by atoms with van der Waals surface area (Å²) in [6.07, 6.45) is 3.79. The number of hydrogen-bond acceptors (Lipinski definition) is 4. The molecule has 1 atom stereocenters. The molecule has 154 valence electrons. The van der Waals surface area contributed by atoms with Crippen LogP contribution < -0.4 is 0 Å². The molecule has 1 fully saturated rings. The molecule has 1 aliphatic heterocycles. The smallest absolute Gasteiger partial charge is 0.254 e. The quantitative estimate of drug-likeness (QED) is 0.477. The van der Waals surface area contributed by atoms with E-state index in [-0.39, 0.29) is 17.6 Å². The zero-order valence-electron chi connectivity index (χ0n) is 17.0. The van der Waals surface area contributed by atoms with Crippen molar-refractivity contribution in [3.8, 4) is 0 Å². The number of aromatic nitrogens is 3. The first kappa shape index (κ1) is 19.2. The number of hydrogen-bond donors (Lipinski definition) is 0. The molecular weight excluding hydrogens is 388 g/mol. The third-order valence-electron chi connectivity index (χ3n) is 5.85.